The Morgan fingerprint density at radius 1 is 1.35 bits per heavy atom. The maximum atomic E-state index is 11.7. The Kier molecular flexibility index (Phi) is 7.69. The summed E-state index contributed by atoms with van der Waals surface area (Å²) in [6.45, 7) is 6.36. The van der Waals surface area contributed by atoms with Crippen molar-refractivity contribution in [1.29, 1.82) is 0 Å². The molecule has 0 saturated carbocycles. The summed E-state index contributed by atoms with van der Waals surface area (Å²) in [7, 11) is 1.63. The number of benzene rings is 1. The molecule has 5 nitrogen and oxygen atoms in total. The van der Waals surface area contributed by atoms with Crippen molar-refractivity contribution >= 4 is 11.6 Å². The standard InChI is InChI=1S/C15H24N2O3/c1-12(2)11-20-14-6-4-5-13(9-14)17-15(18)10-16-7-8-19-3/h4-6,9,12,16H,7-8,10-11H2,1-3H3,(H,17,18). The van der Waals surface area contributed by atoms with Crippen molar-refractivity contribution in [1.82, 2.24) is 5.32 Å². The maximum absolute atomic E-state index is 11.7. The number of carbonyl (C=O) groups is 1. The predicted molar refractivity (Wildman–Crippen MR) is 80.2 cm³/mol. The first-order valence-electron chi connectivity index (χ1n) is 6.84. The van der Waals surface area contributed by atoms with E-state index in [0.717, 1.165) is 11.4 Å². The van der Waals surface area contributed by atoms with Crippen LogP contribution in [-0.2, 0) is 9.53 Å². The highest BCUT2D eigenvalue weighted by Crippen LogP contribution is 2.17. The van der Waals surface area contributed by atoms with E-state index in [2.05, 4.69) is 24.5 Å². The highest BCUT2D eigenvalue weighted by atomic mass is 16.5. The summed E-state index contributed by atoms with van der Waals surface area (Å²) in [6.07, 6.45) is 0. The van der Waals surface area contributed by atoms with E-state index < -0.39 is 0 Å². The van der Waals surface area contributed by atoms with Crippen molar-refractivity contribution < 1.29 is 14.3 Å². The van der Waals surface area contributed by atoms with Gasteiger partial charge in [-0.3, -0.25) is 4.79 Å². The number of anilines is 1. The fourth-order valence-corrected chi connectivity index (χ4v) is 1.51. The second-order valence-corrected chi connectivity index (χ2v) is 4.95. The lowest BCUT2D eigenvalue weighted by atomic mass is 10.2. The summed E-state index contributed by atoms with van der Waals surface area (Å²) in [5, 5.41) is 5.82. The first kappa shape index (κ1) is 16.5. The zero-order valence-corrected chi connectivity index (χ0v) is 12.4. The first-order valence-corrected chi connectivity index (χ1v) is 6.84. The van der Waals surface area contributed by atoms with Crippen LogP contribution in [0.3, 0.4) is 0 Å². The van der Waals surface area contributed by atoms with E-state index in [-0.39, 0.29) is 12.5 Å². The third kappa shape index (κ3) is 7.11. The van der Waals surface area contributed by atoms with Gasteiger partial charge in [-0.05, 0) is 18.1 Å². The molecule has 0 atom stereocenters. The number of carbonyl (C=O) groups excluding carboxylic acids is 1. The number of ether oxygens (including phenoxy) is 2. The van der Waals surface area contributed by atoms with Gasteiger partial charge in [-0.2, -0.15) is 0 Å². The Hall–Kier alpha value is -1.59. The number of hydrogen-bond donors (Lipinski definition) is 2. The lowest BCUT2D eigenvalue weighted by Gasteiger charge is -2.11. The van der Waals surface area contributed by atoms with E-state index in [0.29, 0.717) is 25.7 Å². The fourth-order valence-electron chi connectivity index (χ4n) is 1.51. The molecule has 0 saturated heterocycles. The topological polar surface area (TPSA) is 59.6 Å². The molecule has 5 heteroatoms. The molecule has 0 spiro atoms. The molecule has 2 N–H and O–H groups in total. The molecule has 1 amide bonds. The smallest absolute Gasteiger partial charge is 0.238 e. The Bertz CT molecular complexity index is 408. The van der Waals surface area contributed by atoms with Crippen LogP contribution < -0.4 is 15.4 Å². The van der Waals surface area contributed by atoms with Crippen LogP contribution >= 0.6 is 0 Å². The fraction of sp³-hybridized carbons (Fsp3) is 0.533. The molecule has 20 heavy (non-hydrogen) atoms. The van der Waals surface area contributed by atoms with Gasteiger partial charge in [0, 0.05) is 25.4 Å². The van der Waals surface area contributed by atoms with Crippen LogP contribution in [0.1, 0.15) is 13.8 Å². The van der Waals surface area contributed by atoms with Gasteiger partial charge in [0.05, 0.1) is 19.8 Å². The van der Waals surface area contributed by atoms with Crippen LogP contribution in [0.15, 0.2) is 24.3 Å². The highest BCUT2D eigenvalue weighted by molar-refractivity contribution is 5.92. The molecule has 1 aromatic carbocycles. The Morgan fingerprint density at radius 2 is 2.15 bits per heavy atom. The van der Waals surface area contributed by atoms with Gasteiger partial charge in [0.1, 0.15) is 5.75 Å². The quantitative estimate of drug-likeness (QED) is 0.678. The van der Waals surface area contributed by atoms with Gasteiger partial charge < -0.3 is 20.1 Å². The normalized spacial score (nSPS) is 10.6. The number of methoxy groups -OCH3 is 1. The van der Waals surface area contributed by atoms with Crippen molar-refractivity contribution in [3.05, 3.63) is 24.3 Å². The van der Waals surface area contributed by atoms with E-state index in [4.69, 9.17) is 9.47 Å². The molecule has 0 bridgehead atoms. The molecule has 112 valence electrons. The lowest BCUT2D eigenvalue weighted by molar-refractivity contribution is -0.115. The van der Waals surface area contributed by atoms with Crippen molar-refractivity contribution in [2.24, 2.45) is 5.92 Å². The van der Waals surface area contributed by atoms with Crippen LogP contribution in [0.4, 0.5) is 5.69 Å². The van der Waals surface area contributed by atoms with Gasteiger partial charge in [-0.1, -0.05) is 19.9 Å². The van der Waals surface area contributed by atoms with E-state index >= 15 is 0 Å². The first-order chi connectivity index (χ1) is 9.61. The lowest BCUT2D eigenvalue weighted by Crippen LogP contribution is -2.30. The van der Waals surface area contributed by atoms with Crippen molar-refractivity contribution in [3.8, 4) is 5.75 Å². The second-order valence-electron chi connectivity index (χ2n) is 4.95. The number of nitrogens with one attached hydrogen (secondary N) is 2. The van der Waals surface area contributed by atoms with Crippen LogP contribution in [0.25, 0.3) is 0 Å². The zero-order chi connectivity index (χ0) is 14.8. The molecule has 0 aliphatic rings. The molecule has 0 fully saturated rings. The average Bonchev–Trinajstić information content (AvgIpc) is 2.42. The minimum atomic E-state index is -0.0814. The Morgan fingerprint density at radius 3 is 2.85 bits per heavy atom. The zero-order valence-electron chi connectivity index (χ0n) is 12.4. The Balaban J connectivity index is 2.39. The molecular formula is C15H24N2O3. The van der Waals surface area contributed by atoms with Gasteiger partial charge in [0.25, 0.3) is 0 Å². The van der Waals surface area contributed by atoms with E-state index in [1.54, 1.807) is 7.11 Å². The molecular weight excluding hydrogens is 256 g/mol. The van der Waals surface area contributed by atoms with Gasteiger partial charge in [0.15, 0.2) is 0 Å². The minimum absolute atomic E-state index is 0.0814. The van der Waals surface area contributed by atoms with Crippen LogP contribution in [-0.4, -0.2) is 39.3 Å². The summed E-state index contributed by atoms with van der Waals surface area (Å²) in [5.74, 6) is 1.16. The van der Waals surface area contributed by atoms with Gasteiger partial charge in [-0.15, -0.1) is 0 Å². The molecule has 1 aromatic rings. The number of rotatable bonds is 9. The van der Waals surface area contributed by atoms with Gasteiger partial charge >= 0.3 is 0 Å². The van der Waals surface area contributed by atoms with Crippen LogP contribution in [0.2, 0.25) is 0 Å². The molecule has 0 radical (unpaired) electrons. The summed E-state index contributed by atoms with van der Waals surface area (Å²) in [4.78, 5) is 11.7. The largest absolute Gasteiger partial charge is 0.493 e. The van der Waals surface area contributed by atoms with Gasteiger partial charge in [-0.25, -0.2) is 0 Å². The molecule has 0 unspecified atom stereocenters. The van der Waals surface area contributed by atoms with E-state index in [1.165, 1.54) is 0 Å². The number of amides is 1. The Labute approximate surface area is 120 Å². The van der Waals surface area contributed by atoms with Crippen LogP contribution in [0.5, 0.6) is 5.75 Å². The maximum Gasteiger partial charge on any atom is 0.238 e. The number of hydrogen-bond acceptors (Lipinski definition) is 4. The van der Waals surface area contributed by atoms with Crippen LogP contribution in [0, 0.1) is 5.92 Å². The third-order valence-electron chi connectivity index (χ3n) is 2.47. The van der Waals surface area contributed by atoms with Crippen molar-refractivity contribution in [3.63, 3.8) is 0 Å². The van der Waals surface area contributed by atoms with E-state index in [9.17, 15) is 4.79 Å². The SMILES string of the molecule is COCCNCC(=O)Nc1cccc(OCC(C)C)c1. The second kappa shape index (κ2) is 9.34. The highest BCUT2D eigenvalue weighted by Gasteiger charge is 2.03. The summed E-state index contributed by atoms with van der Waals surface area (Å²) >= 11 is 0. The molecule has 0 aliphatic carbocycles. The van der Waals surface area contributed by atoms with Gasteiger partial charge in [0.2, 0.25) is 5.91 Å². The monoisotopic (exact) mass is 280 g/mol. The van der Waals surface area contributed by atoms with E-state index in [1.807, 2.05) is 24.3 Å². The molecule has 0 aromatic heterocycles. The molecule has 1 rings (SSSR count). The molecule has 0 heterocycles. The van der Waals surface area contributed by atoms with Crippen molar-refractivity contribution in [2.75, 3.05) is 38.7 Å². The van der Waals surface area contributed by atoms with Crippen molar-refractivity contribution in [2.45, 2.75) is 13.8 Å². The third-order valence-corrected chi connectivity index (χ3v) is 2.47. The predicted octanol–water partition coefficient (Wildman–Crippen LogP) is 1.90. The summed E-state index contributed by atoms with van der Waals surface area (Å²) in [5.41, 5.74) is 0.741. The minimum Gasteiger partial charge on any atom is -0.493 e. The molecule has 0 aliphatic heterocycles. The summed E-state index contributed by atoms with van der Waals surface area (Å²) < 4.78 is 10.5. The average molecular weight is 280 g/mol. The summed E-state index contributed by atoms with van der Waals surface area (Å²) in [6, 6.07) is 7.42.